The number of hydrogen-bond acceptors (Lipinski definition) is 7. The topological polar surface area (TPSA) is 135 Å². The molecule has 1 unspecified atom stereocenters. The number of ether oxygens (including phenoxy) is 1. The summed E-state index contributed by atoms with van der Waals surface area (Å²) in [5, 5.41) is 17.6. The van der Waals surface area contributed by atoms with Gasteiger partial charge in [0, 0.05) is 70.4 Å². The van der Waals surface area contributed by atoms with E-state index in [1.54, 1.807) is 11.0 Å². The monoisotopic (exact) mass is 733 g/mol. The van der Waals surface area contributed by atoms with E-state index >= 15 is 0 Å². The first kappa shape index (κ1) is 31.6. The van der Waals surface area contributed by atoms with Crippen LogP contribution in [0.4, 0.5) is 16.2 Å². The van der Waals surface area contributed by atoms with Gasteiger partial charge in [0.2, 0.25) is 0 Å². The fourth-order valence-corrected chi connectivity index (χ4v) is 7.72. The van der Waals surface area contributed by atoms with Crippen molar-refractivity contribution in [3.8, 4) is 22.4 Å². The Balaban J connectivity index is 1.57. The van der Waals surface area contributed by atoms with Crippen molar-refractivity contribution in [2.24, 2.45) is 11.1 Å². The van der Waals surface area contributed by atoms with Crippen molar-refractivity contribution >= 4 is 69.8 Å². The van der Waals surface area contributed by atoms with Gasteiger partial charge in [-0.3, -0.25) is 4.68 Å². The van der Waals surface area contributed by atoms with Gasteiger partial charge in [0.25, 0.3) is 0 Å². The SMILES string of the molecule is Cc1cc(NPI)c(C=N)c(-c2c(-c3ccc(N)c(/C=C\N)c3)nn(C3CC4(C3)CN(C(=O)OC(C)(C)C)C4)c2C)c1Cl. The Labute approximate surface area is 272 Å². The molecule has 3 aromatic rings. The Morgan fingerprint density at radius 2 is 1.95 bits per heavy atom. The van der Waals surface area contributed by atoms with Gasteiger partial charge in [-0.05, 0) is 111 Å². The van der Waals surface area contributed by atoms with Gasteiger partial charge in [0.05, 0.1) is 11.1 Å². The number of hydrogen-bond donors (Lipinski definition) is 4. The summed E-state index contributed by atoms with van der Waals surface area (Å²) in [6.07, 6.45) is 6.62. The van der Waals surface area contributed by atoms with Crippen molar-refractivity contribution in [1.82, 2.24) is 14.7 Å². The molecule has 1 aromatic heterocycles. The first-order valence-electron chi connectivity index (χ1n) is 14.1. The zero-order valence-corrected chi connectivity index (χ0v) is 28.9. The van der Waals surface area contributed by atoms with Crippen LogP contribution in [0.1, 0.15) is 62.0 Å². The minimum absolute atomic E-state index is 0.0833. The fraction of sp³-hybridized carbons (Fsp3) is 0.387. The van der Waals surface area contributed by atoms with Gasteiger partial charge in [-0.1, -0.05) is 17.7 Å². The van der Waals surface area contributed by atoms with E-state index in [1.165, 1.54) is 12.4 Å². The van der Waals surface area contributed by atoms with Crippen LogP contribution in [0.5, 0.6) is 0 Å². The molecule has 6 N–H and O–H groups in total. The molecular weight excluding hydrogens is 696 g/mol. The number of benzene rings is 2. The van der Waals surface area contributed by atoms with Crippen LogP contribution >= 0.6 is 40.0 Å². The molecule has 2 aliphatic rings. The summed E-state index contributed by atoms with van der Waals surface area (Å²) in [5.74, 6) is 0. The number of halogens is 2. The molecule has 1 aliphatic heterocycles. The summed E-state index contributed by atoms with van der Waals surface area (Å²) >= 11 is 9.35. The maximum Gasteiger partial charge on any atom is 0.410 e. The fourth-order valence-electron chi connectivity index (χ4n) is 6.29. The molecule has 1 aliphatic carbocycles. The highest BCUT2D eigenvalue weighted by Crippen LogP contribution is 2.55. The van der Waals surface area contributed by atoms with Gasteiger partial charge < -0.3 is 31.6 Å². The molecule has 2 fully saturated rings. The summed E-state index contributed by atoms with van der Waals surface area (Å²) in [4.78, 5) is 14.3. The summed E-state index contributed by atoms with van der Waals surface area (Å²) in [6, 6.07) is 7.98. The zero-order chi connectivity index (χ0) is 31.3. The van der Waals surface area contributed by atoms with Crippen molar-refractivity contribution in [3.63, 3.8) is 0 Å². The largest absolute Gasteiger partial charge is 0.444 e. The highest BCUT2D eigenvalue weighted by molar-refractivity contribution is 14.2. The zero-order valence-electron chi connectivity index (χ0n) is 25.0. The Kier molecular flexibility index (Phi) is 8.77. The number of likely N-dealkylation sites (tertiary alicyclic amines) is 1. The van der Waals surface area contributed by atoms with Crippen molar-refractivity contribution in [3.05, 3.63) is 57.9 Å². The quantitative estimate of drug-likeness (QED) is 0.0844. The minimum atomic E-state index is -0.512. The average molecular weight is 734 g/mol. The Morgan fingerprint density at radius 3 is 2.56 bits per heavy atom. The number of carbonyl (C=O) groups excluding carboxylic acids is 1. The third-order valence-electron chi connectivity index (χ3n) is 8.24. The number of aromatic nitrogens is 2. The van der Waals surface area contributed by atoms with Gasteiger partial charge in [-0.2, -0.15) is 5.10 Å². The Hall–Kier alpha value is -2.82. The molecule has 5 rings (SSSR count). The van der Waals surface area contributed by atoms with Crippen LogP contribution in [-0.4, -0.2) is 45.7 Å². The third-order valence-corrected chi connectivity index (χ3v) is 9.90. The molecule has 1 saturated heterocycles. The maximum atomic E-state index is 12.6. The lowest BCUT2D eigenvalue weighted by atomic mass is 9.61. The number of nitrogen functional groups attached to an aromatic ring is 1. The summed E-state index contributed by atoms with van der Waals surface area (Å²) < 4.78 is 7.68. The predicted molar refractivity (Wildman–Crippen MR) is 188 cm³/mol. The van der Waals surface area contributed by atoms with Crippen LogP contribution in [-0.2, 0) is 4.74 Å². The highest BCUT2D eigenvalue weighted by atomic mass is 127. The number of rotatable bonds is 7. The normalized spacial score (nSPS) is 16.6. The molecule has 1 atom stereocenters. The van der Waals surface area contributed by atoms with E-state index in [0.29, 0.717) is 30.2 Å². The number of nitrogens with one attached hydrogen (secondary N) is 2. The highest BCUT2D eigenvalue weighted by Gasteiger charge is 2.55. The van der Waals surface area contributed by atoms with E-state index in [2.05, 4.69) is 38.7 Å². The average Bonchev–Trinajstić information content (AvgIpc) is 3.21. The number of amides is 1. The van der Waals surface area contributed by atoms with E-state index in [1.807, 2.05) is 52.0 Å². The van der Waals surface area contributed by atoms with Crippen molar-refractivity contribution in [2.45, 2.75) is 59.1 Å². The van der Waals surface area contributed by atoms with Crippen molar-refractivity contribution in [2.75, 3.05) is 23.9 Å². The summed E-state index contributed by atoms with van der Waals surface area (Å²) in [6.45, 7) is 11.1. The molecule has 12 heteroatoms. The molecule has 0 bridgehead atoms. The molecule has 1 amide bonds. The lowest BCUT2D eigenvalue weighted by molar-refractivity contribution is -0.0930. The molecule has 9 nitrogen and oxygen atoms in total. The first-order valence-corrected chi connectivity index (χ1v) is 18.6. The van der Waals surface area contributed by atoms with Crippen LogP contribution < -0.4 is 16.6 Å². The standard InChI is InChI=1S/C31H38ClIN7O2P/c1-17-10-24(38-43-33)22(14-35)26(27(17)32)25-18(2)40(37-28(25)20-6-7-23(36)19(11-20)8-9-34)21-12-31(13-21)15-39(16-31)29(41)42-30(3,4)5/h6-11,14,21,35,38,43H,12-13,15-16,34,36H2,1-5H3/b9-8-,35-14?. The smallest absolute Gasteiger partial charge is 0.410 e. The predicted octanol–water partition coefficient (Wildman–Crippen LogP) is 7.92. The second-order valence-electron chi connectivity index (χ2n) is 12.6. The van der Waals surface area contributed by atoms with E-state index in [9.17, 15) is 4.79 Å². The lowest BCUT2D eigenvalue weighted by Gasteiger charge is -2.58. The molecule has 1 saturated carbocycles. The van der Waals surface area contributed by atoms with Crippen LogP contribution in [0.2, 0.25) is 5.02 Å². The lowest BCUT2D eigenvalue weighted by Crippen LogP contribution is -2.64. The number of nitrogens with zero attached hydrogens (tertiary/aromatic N) is 3. The number of anilines is 2. The van der Waals surface area contributed by atoms with Gasteiger partial charge in [-0.25, -0.2) is 4.79 Å². The molecule has 2 heterocycles. The number of aryl methyl sites for hydroxylation is 1. The van der Waals surface area contributed by atoms with Crippen LogP contribution in [0, 0.1) is 24.7 Å². The second kappa shape index (κ2) is 11.9. The van der Waals surface area contributed by atoms with Gasteiger partial charge >= 0.3 is 6.09 Å². The molecule has 228 valence electrons. The molecule has 43 heavy (non-hydrogen) atoms. The van der Waals surface area contributed by atoms with Crippen molar-refractivity contribution < 1.29 is 9.53 Å². The van der Waals surface area contributed by atoms with E-state index < -0.39 is 5.60 Å². The van der Waals surface area contributed by atoms with Crippen molar-refractivity contribution in [1.29, 1.82) is 5.41 Å². The van der Waals surface area contributed by atoms with Crippen LogP contribution in [0.3, 0.4) is 0 Å². The number of carbonyl (C=O) groups is 1. The molecule has 0 radical (unpaired) electrons. The minimum Gasteiger partial charge on any atom is -0.444 e. The van der Waals surface area contributed by atoms with Crippen LogP contribution in [0.15, 0.2) is 30.5 Å². The summed E-state index contributed by atoms with van der Waals surface area (Å²) in [5.41, 5.74) is 19.8. The first-order chi connectivity index (χ1) is 20.3. The van der Waals surface area contributed by atoms with Gasteiger partial charge in [-0.15, -0.1) is 0 Å². The maximum absolute atomic E-state index is 12.6. The van der Waals surface area contributed by atoms with Gasteiger partial charge in [0.1, 0.15) is 11.3 Å². The molecule has 1 spiro atoms. The van der Waals surface area contributed by atoms with E-state index in [4.69, 9.17) is 38.3 Å². The van der Waals surface area contributed by atoms with E-state index in [-0.39, 0.29) is 17.6 Å². The second-order valence-corrected chi connectivity index (χ2v) is 15.0. The Bertz CT molecular complexity index is 1620. The summed E-state index contributed by atoms with van der Waals surface area (Å²) in [7, 11) is 0. The Morgan fingerprint density at radius 1 is 1.26 bits per heavy atom. The van der Waals surface area contributed by atoms with Crippen LogP contribution in [0.25, 0.3) is 28.5 Å². The van der Waals surface area contributed by atoms with E-state index in [0.717, 1.165) is 63.3 Å². The third kappa shape index (κ3) is 5.98. The molecular formula is C31H38ClIN7O2P. The van der Waals surface area contributed by atoms with Gasteiger partial charge in [0.15, 0.2) is 0 Å². The number of nitrogens with two attached hydrogens (primary N) is 2. The molecule has 2 aromatic carbocycles.